The van der Waals surface area contributed by atoms with Crippen molar-refractivity contribution in [3.05, 3.63) is 194 Å². The molecular formula is C54H32N2O2. The largest absolute Gasteiger partial charge is 0.455 e. The van der Waals surface area contributed by atoms with E-state index in [4.69, 9.17) is 8.83 Å². The minimum absolute atomic E-state index is 0.884. The van der Waals surface area contributed by atoms with Gasteiger partial charge >= 0.3 is 0 Å². The van der Waals surface area contributed by atoms with Crippen molar-refractivity contribution < 1.29 is 8.83 Å². The van der Waals surface area contributed by atoms with E-state index in [-0.39, 0.29) is 0 Å². The number of aromatic nitrogens is 2. The summed E-state index contributed by atoms with van der Waals surface area (Å²) in [5.41, 5.74) is 15.0. The van der Waals surface area contributed by atoms with Gasteiger partial charge < -0.3 is 18.0 Å². The van der Waals surface area contributed by atoms with E-state index >= 15 is 0 Å². The van der Waals surface area contributed by atoms with E-state index in [0.717, 1.165) is 110 Å². The first kappa shape index (κ1) is 31.4. The zero-order chi connectivity index (χ0) is 37.9. The molecule has 9 aromatic carbocycles. The average molecular weight is 741 g/mol. The first-order chi connectivity index (χ1) is 28.8. The Morgan fingerprint density at radius 3 is 1.14 bits per heavy atom. The quantitative estimate of drug-likeness (QED) is 0.180. The molecule has 4 heterocycles. The molecule has 13 rings (SSSR count). The summed E-state index contributed by atoms with van der Waals surface area (Å²) in [5.74, 6) is 0. The van der Waals surface area contributed by atoms with Gasteiger partial charge in [-0.1, -0.05) is 121 Å². The predicted molar refractivity (Wildman–Crippen MR) is 241 cm³/mol. The maximum atomic E-state index is 6.82. The second-order valence-electron chi connectivity index (χ2n) is 15.2. The molecule has 0 saturated carbocycles. The van der Waals surface area contributed by atoms with Crippen LogP contribution in [0.1, 0.15) is 0 Å². The van der Waals surface area contributed by atoms with Crippen molar-refractivity contribution in [1.82, 2.24) is 9.13 Å². The van der Waals surface area contributed by atoms with Gasteiger partial charge in [-0.05, 0) is 95.1 Å². The van der Waals surface area contributed by atoms with Crippen LogP contribution in [0.5, 0.6) is 0 Å². The first-order valence-corrected chi connectivity index (χ1v) is 19.8. The van der Waals surface area contributed by atoms with E-state index in [2.05, 4.69) is 203 Å². The maximum absolute atomic E-state index is 6.82. The molecule has 0 unspecified atom stereocenters. The molecule has 0 bridgehead atoms. The van der Waals surface area contributed by atoms with Gasteiger partial charge in [-0.2, -0.15) is 0 Å². The average Bonchev–Trinajstić information content (AvgIpc) is 4.04. The zero-order valence-corrected chi connectivity index (χ0v) is 31.2. The Morgan fingerprint density at radius 1 is 0.276 bits per heavy atom. The van der Waals surface area contributed by atoms with Crippen molar-refractivity contribution in [2.24, 2.45) is 0 Å². The van der Waals surface area contributed by atoms with Crippen LogP contribution in [0.2, 0.25) is 0 Å². The number of para-hydroxylation sites is 4. The fourth-order valence-corrected chi connectivity index (χ4v) is 9.69. The topological polar surface area (TPSA) is 36.1 Å². The molecule has 0 fully saturated rings. The Labute approximate surface area is 332 Å². The van der Waals surface area contributed by atoms with Crippen LogP contribution in [-0.4, -0.2) is 9.13 Å². The molecule has 4 nitrogen and oxygen atoms in total. The summed E-state index contributed by atoms with van der Waals surface area (Å²) in [7, 11) is 0. The molecule has 0 atom stereocenters. The fraction of sp³-hybridized carbons (Fsp3) is 0. The minimum Gasteiger partial charge on any atom is -0.455 e. The van der Waals surface area contributed by atoms with Crippen LogP contribution in [-0.2, 0) is 0 Å². The zero-order valence-electron chi connectivity index (χ0n) is 31.2. The second-order valence-corrected chi connectivity index (χ2v) is 15.2. The number of hydrogen-bond acceptors (Lipinski definition) is 2. The summed E-state index contributed by atoms with van der Waals surface area (Å²) in [6.45, 7) is 0. The van der Waals surface area contributed by atoms with Gasteiger partial charge in [-0.15, -0.1) is 0 Å². The van der Waals surface area contributed by atoms with Gasteiger partial charge in [0.15, 0.2) is 0 Å². The molecular weight excluding hydrogens is 709 g/mol. The van der Waals surface area contributed by atoms with Crippen LogP contribution in [0.4, 0.5) is 0 Å². The van der Waals surface area contributed by atoms with E-state index in [9.17, 15) is 0 Å². The molecule has 4 heteroatoms. The van der Waals surface area contributed by atoms with Crippen LogP contribution in [0, 0.1) is 0 Å². The molecule has 0 radical (unpaired) electrons. The van der Waals surface area contributed by atoms with E-state index < -0.39 is 0 Å². The number of furan rings is 2. The van der Waals surface area contributed by atoms with E-state index in [1.165, 1.54) is 10.8 Å². The van der Waals surface area contributed by atoms with Gasteiger partial charge in [-0.25, -0.2) is 0 Å². The van der Waals surface area contributed by atoms with Crippen molar-refractivity contribution in [3.8, 4) is 33.6 Å². The SMILES string of the molecule is c1ccc(-n2c3ccccc3c3c4oc5cccc(-c6ccc(-c7cccc8oc9c(ccc%10c9c9ccccc9n%10-c9ccccc9)c78)cc6)c5c4ccc32)cc1. The highest BCUT2D eigenvalue weighted by atomic mass is 16.3. The Hall–Kier alpha value is -7.82. The molecule has 0 aliphatic carbocycles. The van der Waals surface area contributed by atoms with Crippen LogP contribution in [0.3, 0.4) is 0 Å². The van der Waals surface area contributed by atoms with Gasteiger partial charge in [0.25, 0.3) is 0 Å². The van der Waals surface area contributed by atoms with Crippen LogP contribution >= 0.6 is 0 Å². The van der Waals surface area contributed by atoms with Crippen LogP contribution in [0.15, 0.2) is 203 Å². The Morgan fingerprint density at radius 2 is 0.690 bits per heavy atom. The lowest BCUT2D eigenvalue weighted by Gasteiger charge is -2.08. The molecule has 0 aliphatic heterocycles. The van der Waals surface area contributed by atoms with Gasteiger partial charge in [0.2, 0.25) is 0 Å². The summed E-state index contributed by atoms with van der Waals surface area (Å²) >= 11 is 0. The number of fused-ring (bicyclic) bond motifs is 14. The molecule has 0 amide bonds. The lowest BCUT2D eigenvalue weighted by atomic mass is 9.95. The van der Waals surface area contributed by atoms with Crippen molar-refractivity contribution in [2.75, 3.05) is 0 Å². The van der Waals surface area contributed by atoms with Crippen LogP contribution in [0.25, 0.3) is 121 Å². The Bertz CT molecular complexity index is 3520. The summed E-state index contributed by atoms with van der Waals surface area (Å²) in [4.78, 5) is 0. The number of hydrogen-bond donors (Lipinski definition) is 0. The molecule has 13 aromatic rings. The van der Waals surface area contributed by atoms with Gasteiger partial charge in [0.05, 0.1) is 32.8 Å². The normalized spacial score (nSPS) is 12.1. The number of benzene rings is 9. The predicted octanol–water partition coefficient (Wildman–Crippen LogP) is 15.0. The maximum Gasteiger partial charge on any atom is 0.145 e. The van der Waals surface area contributed by atoms with Gasteiger partial charge in [0, 0.05) is 43.7 Å². The third-order valence-electron chi connectivity index (χ3n) is 12.1. The minimum atomic E-state index is 0.884. The number of rotatable bonds is 4. The van der Waals surface area contributed by atoms with Crippen molar-refractivity contribution in [1.29, 1.82) is 0 Å². The van der Waals surface area contributed by atoms with Crippen molar-refractivity contribution in [3.63, 3.8) is 0 Å². The van der Waals surface area contributed by atoms with Gasteiger partial charge in [0.1, 0.15) is 22.3 Å². The highest BCUT2D eigenvalue weighted by molar-refractivity contribution is 6.27. The summed E-state index contributed by atoms with van der Waals surface area (Å²) in [5, 5.41) is 9.13. The lowest BCUT2D eigenvalue weighted by molar-refractivity contribution is 0.672. The molecule has 270 valence electrons. The third kappa shape index (κ3) is 4.29. The van der Waals surface area contributed by atoms with E-state index in [1.807, 2.05) is 0 Å². The number of nitrogens with zero attached hydrogens (tertiary/aromatic N) is 2. The van der Waals surface area contributed by atoms with Crippen LogP contribution < -0.4 is 0 Å². The molecule has 0 saturated heterocycles. The van der Waals surface area contributed by atoms with E-state index in [0.29, 0.717) is 0 Å². The molecule has 58 heavy (non-hydrogen) atoms. The molecule has 0 spiro atoms. The second kappa shape index (κ2) is 11.8. The Kier molecular flexibility index (Phi) is 6.41. The third-order valence-corrected chi connectivity index (χ3v) is 12.1. The van der Waals surface area contributed by atoms with Crippen molar-refractivity contribution in [2.45, 2.75) is 0 Å². The molecule has 0 N–H and O–H groups in total. The van der Waals surface area contributed by atoms with E-state index in [1.54, 1.807) is 0 Å². The summed E-state index contributed by atoms with van der Waals surface area (Å²) in [6, 6.07) is 69.2. The lowest BCUT2D eigenvalue weighted by Crippen LogP contribution is -1.92. The van der Waals surface area contributed by atoms with Crippen molar-refractivity contribution >= 4 is 87.5 Å². The highest BCUT2D eigenvalue weighted by Crippen LogP contribution is 2.46. The standard InChI is InChI=1S/C54H32N2O2/c1-3-13-35(14-4-1)55-43-21-9-7-17-39(43)51-45(55)31-29-41-49-37(19-11-23-47(49)57-53(41)51)33-25-27-34(28-26-33)38-20-12-24-48-50(38)42-30-32-46-52(54(42)58-48)40-18-8-10-22-44(40)56(46)36-15-5-2-6-16-36/h1-32H. The monoisotopic (exact) mass is 740 g/mol. The highest BCUT2D eigenvalue weighted by Gasteiger charge is 2.22. The fourth-order valence-electron chi connectivity index (χ4n) is 9.69. The first-order valence-electron chi connectivity index (χ1n) is 19.8. The summed E-state index contributed by atoms with van der Waals surface area (Å²) < 4.78 is 18.3. The van der Waals surface area contributed by atoms with Gasteiger partial charge in [-0.3, -0.25) is 0 Å². The smallest absolute Gasteiger partial charge is 0.145 e. The Balaban J connectivity index is 0.967. The molecule has 0 aliphatic rings. The molecule has 4 aromatic heterocycles. The summed E-state index contributed by atoms with van der Waals surface area (Å²) in [6.07, 6.45) is 0.